The molecule has 156 valence electrons. The van der Waals surface area contributed by atoms with Gasteiger partial charge in [-0.3, -0.25) is 14.4 Å². The zero-order valence-corrected chi connectivity index (χ0v) is 16.9. The molecule has 0 spiro atoms. The van der Waals surface area contributed by atoms with Gasteiger partial charge in [0.15, 0.2) is 4.80 Å². The molecule has 7 nitrogen and oxygen atoms in total. The van der Waals surface area contributed by atoms with Gasteiger partial charge >= 0.3 is 5.97 Å². The number of ether oxygens (including phenoxy) is 1. The third-order valence-corrected chi connectivity index (χ3v) is 5.01. The molecule has 1 heterocycles. The first kappa shape index (κ1) is 21.3. The number of thiazole rings is 1. The van der Waals surface area contributed by atoms with E-state index in [9.17, 15) is 23.2 Å². The molecule has 0 aliphatic carbocycles. The Hall–Kier alpha value is -3.40. The van der Waals surface area contributed by atoms with Gasteiger partial charge in [0.25, 0.3) is 5.91 Å². The average molecular weight is 433 g/mol. The molecule has 0 radical (unpaired) electrons. The molecule has 2 amide bonds. The van der Waals surface area contributed by atoms with Crippen LogP contribution in [0.25, 0.3) is 10.2 Å². The predicted octanol–water partition coefficient (Wildman–Crippen LogP) is 3.24. The van der Waals surface area contributed by atoms with Crippen molar-refractivity contribution in [2.75, 3.05) is 11.9 Å². The number of nitrogens with zero attached hydrogens (tertiary/aromatic N) is 2. The maximum absolute atomic E-state index is 14.0. The van der Waals surface area contributed by atoms with Gasteiger partial charge in [-0.15, -0.1) is 0 Å². The average Bonchev–Trinajstić information content (AvgIpc) is 2.97. The second-order valence-electron chi connectivity index (χ2n) is 6.15. The molecule has 0 fully saturated rings. The summed E-state index contributed by atoms with van der Waals surface area (Å²) in [5.74, 6) is -4.00. The number of amides is 2. The molecule has 3 aromatic rings. The van der Waals surface area contributed by atoms with Crippen molar-refractivity contribution in [3.63, 3.8) is 0 Å². The lowest BCUT2D eigenvalue weighted by Crippen LogP contribution is -2.23. The molecule has 30 heavy (non-hydrogen) atoms. The van der Waals surface area contributed by atoms with Crippen molar-refractivity contribution in [2.24, 2.45) is 4.99 Å². The zero-order valence-electron chi connectivity index (χ0n) is 16.1. The monoisotopic (exact) mass is 433 g/mol. The van der Waals surface area contributed by atoms with Gasteiger partial charge in [0.1, 0.15) is 23.7 Å². The number of hydrogen-bond acceptors (Lipinski definition) is 5. The van der Waals surface area contributed by atoms with E-state index in [0.717, 1.165) is 29.5 Å². The Labute approximate surface area is 173 Å². The van der Waals surface area contributed by atoms with Gasteiger partial charge in [-0.1, -0.05) is 17.4 Å². The van der Waals surface area contributed by atoms with Crippen LogP contribution in [0, 0.1) is 11.6 Å². The lowest BCUT2D eigenvalue weighted by atomic mass is 10.2. The summed E-state index contributed by atoms with van der Waals surface area (Å²) in [5, 5.41) is 2.64. The van der Waals surface area contributed by atoms with Crippen molar-refractivity contribution in [1.82, 2.24) is 4.57 Å². The van der Waals surface area contributed by atoms with E-state index in [1.165, 1.54) is 11.5 Å². The molecule has 0 atom stereocenters. The third-order valence-electron chi connectivity index (χ3n) is 3.97. The number of anilines is 1. The topological polar surface area (TPSA) is 89.8 Å². The minimum atomic E-state index is -1.11. The molecule has 0 saturated carbocycles. The van der Waals surface area contributed by atoms with Gasteiger partial charge in [0.2, 0.25) is 5.91 Å². The summed E-state index contributed by atoms with van der Waals surface area (Å²) in [6.07, 6.45) is 0. The number of nitrogens with one attached hydrogen (secondary N) is 1. The lowest BCUT2D eigenvalue weighted by Gasteiger charge is -2.06. The van der Waals surface area contributed by atoms with Crippen LogP contribution >= 0.6 is 11.3 Å². The SMILES string of the molecule is CCOC(=O)Cn1c(=NC(=O)c2c(F)cccc2F)sc2cc(NC(C)=O)ccc21. The number of fused-ring (bicyclic) bond motifs is 1. The normalized spacial score (nSPS) is 11.5. The Bertz CT molecular complexity index is 1200. The van der Waals surface area contributed by atoms with E-state index in [4.69, 9.17) is 4.74 Å². The molecular formula is C20H17F2N3O4S. The first-order valence-electron chi connectivity index (χ1n) is 8.89. The number of esters is 1. The Morgan fingerprint density at radius 1 is 1.17 bits per heavy atom. The van der Waals surface area contributed by atoms with Crippen molar-refractivity contribution < 1.29 is 27.9 Å². The van der Waals surface area contributed by atoms with Gasteiger partial charge in [-0.05, 0) is 37.3 Å². The van der Waals surface area contributed by atoms with Gasteiger partial charge in [-0.25, -0.2) is 8.78 Å². The Morgan fingerprint density at radius 2 is 1.87 bits per heavy atom. The van der Waals surface area contributed by atoms with E-state index < -0.39 is 29.1 Å². The van der Waals surface area contributed by atoms with Crippen molar-refractivity contribution in [3.05, 3.63) is 58.4 Å². The second kappa shape index (κ2) is 8.95. The standard InChI is InChI=1S/C20H17F2N3O4S/c1-3-29-17(27)10-25-15-8-7-12(23-11(2)26)9-16(15)30-20(25)24-19(28)18-13(21)5-4-6-14(18)22/h4-9H,3,10H2,1-2H3,(H,23,26). The van der Waals surface area contributed by atoms with Gasteiger partial charge < -0.3 is 14.6 Å². The molecular weight excluding hydrogens is 416 g/mol. The maximum Gasteiger partial charge on any atom is 0.326 e. The molecule has 3 rings (SSSR count). The second-order valence-corrected chi connectivity index (χ2v) is 7.16. The summed E-state index contributed by atoms with van der Waals surface area (Å²) in [5.41, 5.74) is 0.275. The fourth-order valence-electron chi connectivity index (χ4n) is 2.77. The Morgan fingerprint density at radius 3 is 2.50 bits per heavy atom. The summed E-state index contributed by atoms with van der Waals surface area (Å²) < 4.78 is 34.9. The van der Waals surface area contributed by atoms with E-state index in [1.54, 1.807) is 25.1 Å². The third kappa shape index (κ3) is 4.60. The largest absolute Gasteiger partial charge is 0.465 e. The highest BCUT2D eigenvalue weighted by Crippen LogP contribution is 2.22. The minimum Gasteiger partial charge on any atom is -0.465 e. The van der Waals surface area contributed by atoms with Crippen LogP contribution in [0.2, 0.25) is 0 Å². The number of hydrogen-bond donors (Lipinski definition) is 1. The smallest absolute Gasteiger partial charge is 0.326 e. The fraction of sp³-hybridized carbons (Fsp3) is 0.200. The van der Waals surface area contributed by atoms with Crippen molar-refractivity contribution in [1.29, 1.82) is 0 Å². The van der Waals surface area contributed by atoms with Crippen LogP contribution in [-0.2, 0) is 20.9 Å². The molecule has 0 bridgehead atoms. The Kier molecular flexibility index (Phi) is 6.36. The molecule has 10 heteroatoms. The van der Waals surface area contributed by atoms with Crippen molar-refractivity contribution in [3.8, 4) is 0 Å². The minimum absolute atomic E-state index is 0.0608. The zero-order chi connectivity index (χ0) is 21.8. The van der Waals surface area contributed by atoms with Gasteiger partial charge in [-0.2, -0.15) is 4.99 Å². The number of benzene rings is 2. The van der Waals surface area contributed by atoms with E-state index in [-0.39, 0.29) is 23.9 Å². The number of halogens is 2. The summed E-state index contributed by atoms with van der Waals surface area (Å²) in [4.78, 5) is 39.7. The number of rotatable bonds is 5. The van der Waals surface area contributed by atoms with E-state index in [2.05, 4.69) is 10.3 Å². The molecule has 0 aliphatic rings. The van der Waals surface area contributed by atoms with Crippen LogP contribution in [0.4, 0.5) is 14.5 Å². The van der Waals surface area contributed by atoms with Crippen LogP contribution in [0.15, 0.2) is 41.4 Å². The number of aromatic nitrogens is 1. The fourth-order valence-corrected chi connectivity index (χ4v) is 3.84. The summed E-state index contributed by atoms with van der Waals surface area (Å²) >= 11 is 1.03. The predicted molar refractivity (Wildman–Crippen MR) is 107 cm³/mol. The molecule has 0 unspecified atom stereocenters. The van der Waals surface area contributed by atoms with Crippen LogP contribution in [-0.4, -0.2) is 29.0 Å². The first-order valence-corrected chi connectivity index (χ1v) is 9.71. The van der Waals surface area contributed by atoms with Crippen molar-refractivity contribution in [2.45, 2.75) is 20.4 Å². The molecule has 0 saturated heterocycles. The molecule has 0 aliphatic heterocycles. The Balaban J connectivity index is 2.15. The van der Waals surface area contributed by atoms with Crippen LogP contribution in [0.1, 0.15) is 24.2 Å². The lowest BCUT2D eigenvalue weighted by molar-refractivity contribution is -0.143. The maximum atomic E-state index is 14.0. The highest BCUT2D eigenvalue weighted by atomic mass is 32.1. The van der Waals surface area contributed by atoms with Crippen LogP contribution in [0.3, 0.4) is 0 Å². The quantitative estimate of drug-likeness (QED) is 0.626. The van der Waals surface area contributed by atoms with Crippen LogP contribution in [0.5, 0.6) is 0 Å². The first-order chi connectivity index (χ1) is 14.3. The van der Waals surface area contributed by atoms with E-state index >= 15 is 0 Å². The molecule has 1 N–H and O–H groups in total. The van der Waals surface area contributed by atoms with E-state index in [0.29, 0.717) is 15.9 Å². The van der Waals surface area contributed by atoms with Gasteiger partial charge in [0.05, 0.1) is 16.8 Å². The van der Waals surface area contributed by atoms with Crippen LogP contribution < -0.4 is 10.1 Å². The summed E-state index contributed by atoms with van der Waals surface area (Å²) in [6, 6.07) is 7.98. The highest BCUT2D eigenvalue weighted by molar-refractivity contribution is 7.16. The summed E-state index contributed by atoms with van der Waals surface area (Å²) in [6.45, 7) is 2.94. The van der Waals surface area contributed by atoms with E-state index in [1.807, 2.05) is 0 Å². The van der Waals surface area contributed by atoms with Gasteiger partial charge in [0, 0.05) is 12.6 Å². The molecule has 1 aromatic heterocycles. The highest BCUT2D eigenvalue weighted by Gasteiger charge is 2.18. The summed E-state index contributed by atoms with van der Waals surface area (Å²) in [7, 11) is 0. The molecule has 2 aromatic carbocycles. The number of carbonyl (C=O) groups is 3. The number of carbonyl (C=O) groups excluding carboxylic acids is 3. The van der Waals surface area contributed by atoms with Crippen molar-refractivity contribution >= 4 is 45.0 Å².